The maximum atomic E-state index is 10.1. The maximum absolute atomic E-state index is 10.1. The van der Waals surface area contributed by atoms with Crippen molar-refractivity contribution in [1.82, 2.24) is 9.55 Å². The van der Waals surface area contributed by atoms with Crippen LogP contribution in [0.5, 0.6) is 23.0 Å². The average Bonchev–Trinajstić information content (AvgIpc) is 4.30. The minimum atomic E-state index is -0.680. The van der Waals surface area contributed by atoms with E-state index in [9.17, 15) is 5.26 Å². The third-order valence-corrected chi connectivity index (χ3v) is 16.4. The quantitative estimate of drug-likeness (QED) is 0.176. The van der Waals surface area contributed by atoms with Gasteiger partial charge in [-0.05, 0) is 121 Å². The molecule has 1 aromatic heterocycles. The zero-order valence-electron chi connectivity index (χ0n) is 40.3. The molecule has 0 N–H and O–H groups in total. The summed E-state index contributed by atoms with van der Waals surface area (Å²) in [5.41, 5.74) is 21.5. The molecule has 3 heterocycles. The molecule has 4 aliphatic rings. The van der Waals surface area contributed by atoms with Crippen LogP contribution in [0.2, 0.25) is 0 Å². The Balaban J connectivity index is 0.871. The normalized spacial score (nSPS) is 15.3. The maximum Gasteiger partial charge on any atom is 0.145 e. The van der Waals surface area contributed by atoms with Crippen molar-refractivity contribution in [2.45, 2.75) is 10.8 Å². The molecule has 5 heteroatoms. The highest BCUT2D eigenvalue weighted by atomic mass is 16.5. The Bertz CT molecular complexity index is 4430. The molecule has 75 heavy (non-hydrogen) atoms. The van der Waals surface area contributed by atoms with Crippen LogP contribution in [0, 0.1) is 11.3 Å². The summed E-state index contributed by atoms with van der Waals surface area (Å²) in [5, 5.41) is 10.1. The van der Waals surface area contributed by atoms with Gasteiger partial charge in [-0.1, -0.05) is 194 Å². The van der Waals surface area contributed by atoms with E-state index in [0.29, 0.717) is 5.56 Å². The van der Waals surface area contributed by atoms with Gasteiger partial charge < -0.3 is 9.47 Å². The van der Waals surface area contributed by atoms with Crippen molar-refractivity contribution in [2.75, 3.05) is 0 Å². The van der Waals surface area contributed by atoms with Gasteiger partial charge in [-0.25, -0.2) is 4.98 Å². The third-order valence-electron chi connectivity index (χ3n) is 16.4. The molecule has 0 fully saturated rings. The minimum absolute atomic E-state index is 0.556. The molecule has 2 spiro atoms. The van der Waals surface area contributed by atoms with Crippen LogP contribution in [-0.4, -0.2) is 9.55 Å². The molecule has 5 nitrogen and oxygen atoms in total. The van der Waals surface area contributed by atoms with E-state index >= 15 is 0 Å². The van der Waals surface area contributed by atoms with Crippen molar-refractivity contribution >= 4 is 11.0 Å². The van der Waals surface area contributed by atoms with Crippen molar-refractivity contribution in [3.8, 4) is 90.7 Å². The Morgan fingerprint density at radius 2 is 0.840 bits per heavy atom. The first kappa shape index (κ1) is 41.6. The molecule has 2 aliphatic carbocycles. The molecule has 1 unspecified atom stereocenters. The topological polar surface area (TPSA) is 60.1 Å². The predicted molar refractivity (Wildman–Crippen MR) is 297 cm³/mol. The lowest BCUT2D eigenvalue weighted by Gasteiger charge is -2.39. The van der Waals surface area contributed by atoms with Gasteiger partial charge in [0.15, 0.2) is 0 Å². The van der Waals surface area contributed by atoms with Crippen LogP contribution >= 0.6 is 0 Å². The number of nitrogens with zero attached hydrogens (tertiary/aromatic N) is 3. The van der Waals surface area contributed by atoms with Gasteiger partial charge in [0.2, 0.25) is 0 Å². The summed E-state index contributed by atoms with van der Waals surface area (Å²) in [5.74, 6) is 4.09. The number of benzene rings is 11. The van der Waals surface area contributed by atoms with Crippen LogP contribution in [-0.2, 0) is 10.8 Å². The number of nitriles is 1. The summed E-state index contributed by atoms with van der Waals surface area (Å²) in [6.45, 7) is 0. The second-order valence-corrected chi connectivity index (χ2v) is 20.0. The van der Waals surface area contributed by atoms with Crippen molar-refractivity contribution in [1.29, 1.82) is 5.26 Å². The van der Waals surface area contributed by atoms with Crippen molar-refractivity contribution in [3.05, 3.63) is 299 Å². The fraction of sp³-hybridized carbons (Fsp3) is 0.0286. The van der Waals surface area contributed by atoms with Gasteiger partial charge >= 0.3 is 0 Å². The van der Waals surface area contributed by atoms with Crippen LogP contribution in [0.25, 0.3) is 72.6 Å². The minimum Gasteiger partial charge on any atom is -0.457 e. The molecule has 0 amide bonds. The smallest absolute Gasteiger partial charge is 0.145 e. The number of para-hydroxylation sites is 4. The molecule has 0 saturated heterocycles. The van der Waals surface area contributed by atoms with Gasteiger partial charge in [0.05, 0.1) is 33.5 Å². The van der Waals surface area contributed by atoms with Crippen LogP contribution in [0.1, 0.15) is 50.1 Å². The lowest BCUT2D eigenvalue weighted by Crippen LogP contribution is -2.32. The lowest BCUT2D eigenvalue weighted by molar-refractivity contribution is 0.436. The molecule has 16 rings (SSSR count). The average molecular weight is 956 g/mol. The second kappa shape index (κ2) is 15.5. The third kappa shape index (κ3) is 5.52. The van der Waals surface area contributed by atoms with Crippen LogP contribution < -0.4 is 9.47 Å². The number of rotatable bonds is 4. The summed E-state index contributed by atoms with van der Waals surface area (Å²) in [6, 6.07) is 91.0. The molecular formula is C70H41N3O2. The van der Waals surface area contributed by atoms with E-state index in [0.717, 1.165) is 95.6 Å². The molecule has 11 aromatic carbocycles. The highest BCUT2D eigenvalue weighted by Crippen LogP contribution is 2.65. The zero-order chi connectivity index (χ0) is 49.4. The fourth-order valence-corrected chi connectivity index (χ4v) is 13.5. The molecule has 1 atom stereocenters. The van der Waals surface area contributed by atoms with Crippen LogP contribution in [0.15, 0.2) is 249 Å². The van der Waals surface area contributed by atoms with Gasteiger partial charge in [0.1, 0.15) is 28.8 Å². The second-order valence-electron chi connectivity index (χ2n) is 20.0. The Morgan fingerprint density at radius 3 is 1.53 bits per heavy atom. The summed E-state index contributed by atoms with van der Waals surface area (Å²) in [6.07, 6.45) is 0. The van der Waals surface area contributed by atoms with E-state index in [4.69, 9.17) is 14.5 Å². The fourth-order valence-electron chi connectivity index (χ4n) is 13.5. The summed E-state index contributed by atoms with van der Waals surface area (Å²) < 4.78 is 16.2. The molecule has 0 radical (unpaired) electrons. The Kier molecular flexibility index (Phi) is 8.59. The van der Waals surface area contributed by atoms with Crippen LogP contribution in [0.4, 0.5) is 0 Å². The first-order valence-electron chi connectivity index (χ1n) is 25.5. The van der Waals surface area contributed by atoms with Gasteiger partial charge in [-0.3, -0.25) is 4.57 Å². The summed E-state index contributed by atoms with van der Waals surface area (Å²) in [4.78, 5) is 5.42. The molecule has 0 saturated carbocycles. The number of aromatic nitrogens is 2. The van der Waals surface area contributed by atoms with Crippen molar-refractivity contribution < 1.29 is 9.47 Å². The first-order valence-corrected chi connectivity index (χ1v) is 25.5. The van der Waals surface area contributed by atoms with Gasteiger partial charge in [0, 0.05) is 33.5 Å². The monoisotopic (exact) mass is 955 g/mol. The number of hydrogen-bond donors (Lipinski definition) is 0. The largest absolute Gasteiger partial charge is 0.457 e. The van der Waals surface area contributed by atoms with E-state index in [1.165, 1.54) is 44.5 Å². The van der Waals surface area contributed by atoms with Gasteiger partial charge in [0.25, 0.3) is 0 Å². The highest BCUT2D eigenvalue weighted by molar-refractivity contribution is 5.98. The number of ether oxygens (including phenoxy) is 2. The predicted octanol–water partition coefficient (Wildman–Crippen LogP) is 16.8. The number of hydrogen-bond acceptors (Lipinski definition) is 4. The zero-order valence-corrected chi connectivity index (χ0v) is 40.3. The first-order chi connectivity index (χ1) is 37.1. The molecule has 2 aliphatic heterocycles. The summed E-state index contributed by atoms with van der Waals surface area (Å²) >= 11 is 0. The summed E-state index contributed by atoms with van der Waals surface area (Å²) in [7, 11) is 0. The lowest BCUT2D eigenvalue weighted by atomic mass is 9.66. The Hall–Kier alpha value is -10.0. The number of fused-ring (bicyclic) bond motifs is 19. The van der Waals surface area contributed by atoms with E-state index in [1.54, 1.807) is 0 Å². The Morgan fingerprint density at radius 1 is 0.360 bits per heavy atom. The van der Waals surface area contributed by atoms with Crippen LogP contribution in [0.3, 0.4) is 0 Å². The van der Waals surface area contributed by atoms with Crippen molar-refractivity contribution in [2.24, 2.45) is 0 Å². The SMILES string of the molecule is N#Cc1ccccc1-c1ccc2c(c1)Oc1ccccc1C21c2ccccc2-c2c(-c3cccc(-n4c(-c5ccc6c(c5)Oc5ccccc5C65c6ccccc6-c6ccccc65)nc5ccccc54)c3)cccc21. The van der Waals surface area contributed by atoms with E-state index < -0.39 is 10.8 Å². The van der Waals surface area contributed by atoms with E-state index in [1.807, 2.05) is 30.3 Å². The molecule has 348 valence electrons. The Labute approximate surface area is 433 Å². The molecular weight excluding hydrogens is 915 g/mol. The molecule has 12 aromatic rings. The van der Waals surface area contributed by atoms with Gasteiger partial charge in [-0.15, -0.1) is 0 Å². The van der Waals surface area contributed by atoms with E-state index in [-0.39, 0.29) is 0 Å². The molecule has 0 bridgehead atoms. The van der Waals surface area contributed by atoms with Gasteiger partial charge in [-0.2, -0.15) is 5.26 Å². The standard InChI is InChI=1S/C70H41N3O2/c71-42-46-17-1-2-20-48(46)44-35-37-59-65(40-44)74-64-34-14-10-29-57(64)70(59)55-27-8-5-23-52(55)67-49(24-16-30-60(67)70)43-18-15-19-47(39-43)73-62-32-12-11-31-61(62)72-68(73)45-36-38-58-66(41-45)75-63-33-13-9-28-56(63)69(58)53-25-6-3-21-50(53)51-22-4-7-26-54(51)69/h1-41H. The van der Waals surface area contributed by atoms with Crippen molar-refractivity contribution in [3.63, 3.8) is 0 Å². The number of imidazole rings is 1. The highest BCUT2D eigenvalue weighted by Gasteiger charge is 2.53. The van der Waals surface area contributed by atoms with E-state index in [2.05, 4.69) is 229 Å².